The van der Waals surface area contributed by atoms with Crippen molar-refractivity contribution in [2.24, 2.45) is 7.05 Å². The van der Waals surface area contributed by atoms with Crippen LogP contribution in [0.25, 0.3) is 27.9 Å². The van der Waals surface area contributed by atoms with Gasteiger partial charge in [-0.15, -0.1) is 5.53 Å². The number of hydrazine groups is 2. The summed E-state index contributed by atoms with van der Waals surface area (Å²) in [5.74, 6) is 0. The lowest BCUT2D eigenvalue weighted by Crippen LogP contribution is -2.37. The Balaban J connectivity index is 1.39. The highest BCUT2D eigenvalue weighted by Crippen LogP contribution is 2.28. The van der Waals surface area contributed by atoms with Crippen LogP contribution in [0.3, 0.4) is 0 Å². The van der Waals surface area contributed by atoms with Crippen LogP contribution in [0.5, 0.6) is 0 Å². The molecule has 28 heavy (non-hydrogen) atoms. The zero-order valence-electron chi connectivity index (χ0n) is 15.6. The minimum atomic E-state index is 0.869. The van der Waals surface area contributed by atoms with Gasteiger partial charge in [-0.2, -0.15) is 5.10 Å². The van der Waals surface area contributed by atoms with E-state index in [4.69, 9.17) is 0 Å². The first-order chi connectivity index (χ1) is 13.8. The molecule has 0 amide bonds. The minimum absolute atomic E-state index is 0.869. The van der Waals surface area contributed by atoms with E-state index in [1.54, 1.807) is 4.68 Å². The summed E-state index contributed by atoms with van der Waals surface area (Å²) in [6.45, 7) is 0.877. The lowest BCUT2D eigenvalue weighted by Gasteiger charge is -2.14. The molecule has 140 valence electrons. The van der Waals surface area contributed by atoms with Gasteiger partial charge in [0, 0.05) is 60.5 Å². The number of nitrogens with one attached hydrogen (secondary N) is 3. The molecule has 7 nitrogen and oxygen atoms in total. The van der Waals surface area contributed by atoms with Crippen LogP contribution in [0.1, 0.15) is 11.1 Å². The molecule has 3 N–H and O–H groups in total. The second-order valence-electron chi connectivity index (χ2n) is 6.93. The van der Waals surface area contributed by atoms with E-state index in [1.165, 1.54) is 5.56 Å². The minimum Gasteiger partial charge on any atom is -0.345 e. The molecule has 0 aliphatic carbocycles. The Labute approximate surface area is 162 Å². The highest BCUT2D eigenvalue weighted by Gasteiger charge is 2.17. The van der Waals surface area contributed by atoms with E-state index in [2.05, 4.69) is 67.6 Å². The maximum Gasteiger partial charge on any atom is 0.137 e. The van der Waals surface area contributed by atoms with E-state index in [9.17, 15) is 0 Å². The molecule has 1 aromatic carbocycles. The predicted octanol–water partition coefficient (Wildman–Crippen LogP) is 2.83. The zero-order chi connectivity index (χ0) is 18.9. The van der Waals surface area contributed by atoms with Gasteiger partial charge in [0.25, 0.3) is 0 Å². The van der Waals surface area contributed by atoms with E-state index < -0.39 is 0 Å². The third-order valence-electron chi connectivity index (χ3n) is 4.96. The molecule has 0 atom stereocenters. The van der Waals surface area contributed by atoms with E-state index >= 15 is 0 Å². The summed E-state index contributed by atoms with van der Waals surface area (Å²) in [4.78, 5) is 7.83. The number of pyridine rings is 1. The fourth-order valence-electron chi connectivity index (χ4n) is 3.46. The van der Waals surface area contributed by atoms with E-state index in [1.807, 2.05) is 37.9 Å². The lowest BCUT2D eigenvalue weighted by atomic mass is 10.1. The van der Waals surface area contributed by atoms with Crippen LogP contribution in [0.15, 0.2) is 67.4 Å². The molecule has 1 aliphatic rings. The van der Waals surface area contributed by atoms with Crippen LogP contribution in [0.4, 0.5) is 0 Å². The Kier molecular flexibility index (Phi) is 4.06. The van der Waals surface area contributed by atoms with Gasteiger partial charge >= 0.3 is 0 Å². The highest BCUT2D eigenvalue weighted by atomic mass is 15.7. The van der Waals surface area contributed by atoms with E-state index in [-0.39, 0.29) is 0 Å². The number of aromatic nitrogens is 4. The largest absolute Gasteiger partial charge is 0.345 e. The number of nitrogens with zero attached hydrogens (tertiary/aromatic N) is 4. The zero-order valence-corrected chi connectivity index (χ0v) is 15.6. The molecule has 4 heterocycles. The van der Waals surface area contributed by atoms with Crippen LogP contribution < -0.4 is 11.0 Å². The van der Waals surface area contributed by atoms with E-state index in [0.29, 0.717) is 0 Å². The molecule has 0 saturated carbocycles. The van der Waals surface area contributed by atoms with E-state index in [0.717, 1.165) is 46.4 Å². The second kappa shape index (κ2) is 6.86. The molecule has 5 rings (SSSR count). The summed E-state index contributed by atoms with van der Waals surface area (Å²) in [5.41, 5.74) is 12.9. The van der Waals surface area contributed by atoms with Gasteiger partial charge in [0.05, 0.1) is 11.9 Å². The van der Waals surface area contributed by atoms with Crippen LogP contribution in [-0.4, -0.2) is 31.3 Å². The molecule has 0 fully saturated rings. The summed E-state index contributed by atoms with van der Waals surface area (Å²) >= 11 is 0. The van der Waals surface area contributed by atoms with Crippen LogP contribution in [0.2, 0.25) is 0 Å². The number of hydrogen-bond donors (Lipinski definition) is 3. The molecular weight excluding hydrogens is 350 g/mol. The van der Waals surface area contributed by atoms with Crippen molar-refractivity contribution in [2.75, 3.05) is 6.54 Å². The summed E-state index contributed by atoms with van der Waals surface area (Å²) < 4.78 is 1.80. The van der Waals surface area contributed by atoms with Crippen molar-refractivity contribution < 1.29 is 0 Å². The number of fused-ring (bicyclic) bond motifs is 1. The predicted molar refractivity (Wildman–Crippen MR) is 109 cm³/mol. The van der Waals surface area contributed by atoms with Crippen molar-refractivity contribution in [1.82, 2.24) is 35.7 Å². The first-order valence-electron chi connectivity index (χ1n) is 9.27. The third kappa shape index (κ3) is 3.12. The lowest BCUT2D eigenvalue weighted by molar-refractivity contribution is 0.276. The topological polar surface area (TPSA) is 73.8 Å². The Bertz CT molecular complexity index is 1140. The van der Waals surface area contributed by atoms with Gasteiger partial charge in [-0.05, 0) is 18.1 Å². The fourth-order valence-corrected chi connectivity index (χ4v) is 3.46. The molecule has 0 unspecified atom stereocenters. The first kappa shape index (κ1) is 16.6. The summed E-state index contributed by atoms with van der Waals surface area (Å²) in [6, 6.07) is 12.7. The van der Waals surface area contributed by atoms with Crippen molar-refractivity contribution in [3.8, 4) is 11.1 Å². The number of aryl methyl sites for hydroxylation is 1. The molecule has 0 radical (unpaired) electrons. The van der Waals surface area contributed by atoms with Crippen LogP contribution in [-0.2, 0) is 13.5 Å². The summed E-state index contributed by atoms with van der Waals surface area (Å²) in [6.07, 6.45) is 10.8. The van der Waals surface area contributed by atoms with Gasteiger partial charge in [-0.3, -0.25) is 9.69 Å². The molecular formula is C21H21N7. The Morgan fingerprint density at radius 3 is 2.79 bits per heavy atom. The van der Waals surface area contributed by atoms with Gasteiger partial charge < -0.3 is 10.4 Å². The quantitative estimate of drug-likeness (QED) is 0.503. The SMILES string of the molecule is Cn1cc(-c2cnc3[nH]cc(C4=CN(CCc5ccccc5)NN4)c3c2)cn1. The van der Waals surface area contributed by atoms with Gasteiger partial charge in [0.15, 0.2) is 0 Å². The number of aromatic amines is 1. The van der Waals surface area contributed by atoms with Crippen molar-refractivity contribution >= 4 is 16.7 Å². The second-order valence-corrected chi connectivity index (χ2v) is 6.93. The van der Waals surface area contributed by atoms with Crippen LogP contribution in [0, 0.1) is 0 Å². The average Bonchev–Trinajstić information content (AvgIpc) is 3.46. The molecule has 0 saturated heterocycles. The fraction of sp³-hybridized carbons (Fsp3) is 0.143. The summed E-state index contributed by atoms with van der Waals surface area (Å²) in [5, 5.41) is 7.40. The third-order valence-corrected chi connectivity index (χ3v) is 4.96. The van der Waals surface area contributed by atoms with Gasteiger partial charge in [0.1, 0.15) is 5.65 Å². The molecule has 3 aromatic heterocycles. The molecule has 0 bridgehead atoms. The molecule has 0 spiro atoms. The normalized spacial score (nSPS) is 13.8. The smallest absolute Gasteiger partial charge is 0.137 e. The van der Waals surface area contributed by atoms with Crippen molar-refractivity contribution in [3.63, 3.8) is 0 Å². The van der Waals surface area contributed by atoms with Gasteiger partial charge in [-0.1, -0.05) is 30.3 Å². The molecule has 7 heteroatoms. The number of hydrogen-bond acceptors (Lipinski definition) is 5. The maximum absolute atomic E-state index is 4.57. The van der Waals surface area contributed by atoms with Gasteiger partial charge in [0.2, 0.25) is 0 Å². The Morgan fingerprint density at radius 1 is 1.07 bits per heavy atom. The Hall–Kier alpha value is -3.58. The standard InChI is InChI=1S/C21H21N7/c1-27-13-17(11-24-27)16-9-18-19(12-23-21(18)22-10-16)20-14-28(26-25-20)8-7-15-5-3-2-4-6-15/h2-6,9-14,25-26H,7-8H2,1H3,(H,22,23). The Morgan fingerprint density at radius 2 is 1.96 bits per heavy atom. The number of benzene rings is 1. The van der Waals surface area contributed by atoms with Crippen LogP contribution >= 0.6 is 0 Å². The summed E-state index contributed by atoms with van der Waals surface area (Å²) in [7, 11) is 1.92. The number of H-pyrrole nitrogens is 1. The molecule has 1 aliphatic heterocycles. The molecule has 4 aromatic rings. The van der Waals surface area contributed by atoms with Crippen molar-refractivity contribution in [3.05, 3.63) is 78.5 Å². The first-order valence-corrected chi connectivity index (χ1v) is 9.27. The van der Waals surface area contributed by atoms with Crippen molar-refractivity contribution in [1.29, 1.82) is 0 Å². The maximum atomic E-state index is 4.57. The average molecular weight is 371 g/mol. The van der Waals surface area contributed by atoms with Crippen molar-refractivity contribution in [2.45, 2.75) is 6.42 Å². The number of rotatable bonds is 5. The van der Waals surface area contributed by atoms with Gasteiger partial charge in [-0.25, -0.2) is 4.98 Å². The highest BCUT2D eigenvalue weighted by molar-refractivity contribution is 5.92. The monoisotopic (exact) mass is 371 g/mol.